The molecule has 2 rings (SSSR count). The highest BCUT2D eigenvalue weighted by Gasteiger charge is 2.13. The quantitative estimate of drug-likeness (QED) is 0.258. The molecule has 0 atom stereocenters. The van der Waals surface area contributed by atoms with Crippen molar-refractivity contribution >= 4 is 52.2 Å². The first kappa shape index (κ1) is 16.0. The SMILES string of the molecule is NC(=NO)c1cc(Cl)ccc1Oc1cc(Cl)c(Cl)cc1Cl. The molecule has 3 N–H and O–H groups in total. The molecule has 0 spiro atoms. The molecule has 0 heterocycles. The van der Waals surface area contributed by atoms with Gasteiger partial charge in [-0.2, -0.15) is 0 Å². The van der Waals surface area contributed by atoms with Crippen molar-refractivity contribution < 1.29 is 9.94 Å². The molecular weight excluding hydrogens is 358 g/mol. The number of amidine groups is 1. The third kappa shape index (κ3) is 3.66. The van der Waals surface area contributed by atoms with Crippen molar-refractivity contribution in [1.82, 2.24) is 0 Å². The third-order valence-corrected chi connectivity index (χ3v) is 3.77. The first-order valence-corrected chi connectivity index (χ1v) is 7.03. The molecule has 0 aliphatic carbocycles. The van der Waals surface area contributed by atoms with Crippen LogP contribution in [0.3, 0.4) is 0 Å². The van der Waals surface area contributed by atoms with Gasteiger partial charge < -0.3 is 15.7 Å². The summed E-state index contributed by atoms with van der Waals surface area (Å²) in [5.41, 5.74) is 5.90. The Kier molecular flexibility index (Phi) is 5.06. The third-order valence-electron chi connectivity index (χ3n) is 2.52. The van der Waals surface area contributed by atoms with E-state index in [1.54, 1.807) is 12.1 Å². The average Bonchev–Trinajstić information content (AvgIpc) is 2.45. The van der Waals surface area contributed by atoms with Crippen molar-refractivity contribution in [2.45, 2.75) is 0 Å². The van der Waals surface area contributed by atoms with Crippen LogP contribution in [0.5, 0.6) is 11.5 Å². The number of oxime groups is 1. The van der Waals surface area contributed by atoms with Crippen LogP contribution in [0.2, 0.25) is 20.1 Å². The second kappa shape index (κ2) is 6.62. The van der Waals surface area contributed by atoms with E-state index in [0.717, 1.165) is 0 Å². The van der Waals surface area contributed by atoms with Gasteiger partial charge in [0.2, 0.25) is 0 Å². The summed E-state index contributed by atoms with van der Waals surface area (Å²) in [6.45, 7) is 0. The van der Waals surface area contributed by atoms with Crippen LogP contribution in [0, 0.1) is 0 Å². The van der Waals surface area contributed by atoms with Gasteiger partial charge in [0, 0.05) is 11.1 Å². The lowest BCUT2D eigenvalue weighted by atomic mass is 10.2. The van der Waals surface area contributed by atoms with Crippen LogP contribution in [0.1, 0.15) is 5.56 Å². The minimum Gasteiger partial charge on any atom is -0.455 e. The van der Waals surface area contributed by atoms with Gasteiger partial charge in [-0.25, -0.2) is 0 Å². The highest BCUT2D eigenvalue weighted by Crippen LogP contribution is 2.37. The number of nitrogens with two attached hydrogens (primary N) is 1. The first-order valence-electron chi connectivity index (χ1n) is 5.52. The molecule has 0 aromatic heterocycles. The number of ether oxygens (including phenoxy) is 1. The zero-order valence-corrected chi connectivity index (χ0v) is 13.3. The molecule has 0 unspecified atom stereocenters. The van der Waals surface area contributed by atoms with E-state index in [0.29, 0.717) is 21.4 Å². The summed E-state index contributed by atoms with van der Waals surface area (Å²) in [6.07, 6.45) is 0. The van der Waals surface area contributed by atoms with E-state index in [-0.39, 0.29) is 21.6 Å². The van der Waals surface area contributed by atoms with Gasteiger partial charge in [-0.3, -0.25) is 0 Å². The summed E-state index contributed by atoms with van der Waals surface area (Å²) in [4.78, 5) is 0. The Bertz CT molecular complexity index is 720. The van der Waals surface area contributed by atoms with Crippen molar-refractivity contribution in [3.8, 4) is 11.5 Å². The van der Waals surface area contributed by atoms with E-state index in [1.807, 2.05) is 0 Å². The normalized spacial score (nSPS) is 11.5. The lowest BCUT2D eigenvalue weighted by molar-refractivity contribution is 0.318. The van der Waals surface area contributed by atoms with Crippen LogP contribution in [0.15, 0.2) is 35.5 Å². The van der Waals surface area contributed by atoms with E-state index >= 15 is 0 Å². The standard InChI is InChI=1S/C13H8Cl4N2O2/c14-6-1-2-11(7(3-6)13(18)19-20)21-12-5-9(16)8(15)4-10(12)17/h1-5,20H,(H2,18,19). The van der Waals surface area contributed by atoms with Crippen LogP contribution in [-0.2, 0) is 0 Å². The predicted octanol–water partition coefficient (Wildman–Crippen LogP) is 5.19. The molecule has 2 aromatic rings. The molecule has 0 aliphatic rings. The summed E-state index contributed by atoms with van der Waals surface area (Å²) >= 11 is 23.7. The van der Waals surface area contributed by atoms with Crippen molar-refractivity contribution in [2.24, 2.45) is 10.9 Å². The molecule has 110 valence electrons. The highest BCUT2D eigenvalue weighted by molar-refractivity contribution is 6.43. The first-order chi connectivity index (χ1) is 9.92. The summed E-state index contributed by atoms with van der Waals surface area (Å²) in [6, 6.07) is 7.58. The molecule has 2 aromatic carbocycles. The van der Waals surface area contributed by atoms with Gasteiger partial charge in [0.15, 0.2) is 5.84 Å². The Labute approximate surface area is 140 Å². The molecule has 0 saturated carbocycles. The summed E-state index contributed by atoms with van der Waals surface area (Å²) < 4.78 is 5.65. The average molecular weight is 366 g/mol. The number of rotatable bonds is 3. The fraction of sp³-hybridized carbons (Fsp3) is 0. The number of halogens is 4. The minimum absolute atomic E-state index is 0.149. The number of hydrogen-bond acceptors (Lipinski definition) is 3. The maximum Gasteiger partial charge on any atom is 0.173 e. The lowest BCUT2D eigenvalue weighted by Crippen LogP contribution is -2.14. The van der Waals surface area contributed by atoms with Crippen molar-refractivity contribution in [3.63, 3.8) is 0 Å². The van der Waals surface area contributed by atoms with Crippen LogP contribution in [0.4, 0.5) is 0 Å². The second-order valence-corrected chi connectivity index (χ2v) is 5.58. The van der Waals surface area contributed by atoms with Gasteiger partial charge in [-0.15, -0.1) is 0 Å². The Morgan fingerprint density at radius 3 is 2.29 bits per heavy atom. The van der Waals surface area contributed by atoms with E-state index in [2.05, 4.69) is 5.16 Å². The van der Waals surface area contributed by atoms with Crippen LogP contribution < -0.4 is 10.5 Å². The summed E-state index contributed by atoms with van der Waals surface area (Å²) in [5.74, 6) is 0.430. The zero-order chi connectivity index (χ0) is 15.6. The highest BCUT2D eigenvalue weighted by atomic mass is 35.5. The molecule has 8 heteroatoms. The number of benzene rings is 2. The summed E-state index contributed by atoms with van der Waals surface area (Å²) in [7, 11) is 0. The smallest absolute Gasteiger partial charge is 0.173 e. The molecule has 0 fully saturated rings. The molecule has 0 aliphatic heterocycles. The largest absolute Gasteiger partial charge is 0.455 e. The maximum absolute atomic E-state index is 8.80. The molecule has 0 bridgehead atoms. The minimum atomic E-state index is -0.149. The Hall–Kier alpha value is -1.33. The van der Waals surface area contributed by atoms with Crippen molar-refractivity contribution in [3.05, 3.63) is 56.0 Å². The Morgan fingerprint density at radius 2 is 1.62 bits per heavy atom. The predicted molar refractivity (Wildman–Crippen MR) is 85.5 cm³/mol. The van der Waals surface area contributed by atoms with Gasteiger partial charge in [-0.1, -0.05) is 51.6 Å². The second-order valence-electron chi connectivity index (χ2n) is 3.92. The molecule has 0 amide bonds. The fourth-order valence-corrected chi connectivity index (χ4v) is 2.29. The van der Waals surface area contributed by atoms with Gasteiger partial charge in [0.05, 0.1) is 20.6 Å². The van der Waals surface area contributed by atoms with E-state index < -0.39 is 0 Å². The molecule has 4 nitrogen and oxygen atoms in total. The van der Waals surface area contributed by atoms with Gasteiger partial charge in [-0.05, 0) is 24.3 Å². The van der Waals surface area contributed by atoms with E-state index in [1.165, 1.54) is 18.2 Å². The van der Waals surface area contributed by atoms with Crippen LogP contribution in [0.25, 0.3) is 0 Å². The fourth-order valence-electron chi connectivity index (χ4n) is 1.55. The Morgan fingerprint density at radius 1 is 0.952 bits per heavy atom. The maximum atomic E-state index is 8.80. The van der Waals surface area contributed by atoms with Crippen molar-refractivity contribution in [2.75, 3.05) is 0 Å². The van der Waals surface area contributed by atoms with Gasteiger partial charge in [0.25, 0.3) is 0 Å². The van der Waals surface area contributed by atoms with E-state index in [9.17, 15) is 0 Å². The van der Waals surface area contributed by atoms with Crippen molar-refractivity contribution in [1.29, 1.82) is 0 Å². The van der Waals surface area contributed by atoms with Gasteiger partial charge in [0.1, 0.15) is 11.5 Å². The lowest BCUT2D eigenvalue weighted by Gasteiger charge is -2.12. The van der Waals surface area contributed by atoms with Gasteiger partial charge >= 0.3 is 0 Å². The summed E-state index contributed by atoms with van der Waals surface area (Å²) in [5, 5.41) is 13.0. The monoisotopic (exact) mass is 364 g/mol. The van der Waals surface area contributed by atoms with Crippen LogP contribution in [-0.4, -0.2) is 11.0 Å². The molecule has 0 saturated heterocycles. The number of hydrogen-bond donors (Lipinski definition) is 2. The zero-order valence-electron chi connectivity index (χ0n) is 10.3. The topological polar surface area (TPSA) is 67.8 Å². The molecule has 21 heavy (non-hydrogen) atoms. The Balaban J connectivity index is 2.47. The van der Waals surface area contributed by atoms with Crippen LogP contribution >= 0.6 is 46.4 Å². The molecular formula is C13H8Cl4N2O2. The number of nitrogens with zero attached hydrogens (tertiary/aromatic N) is 1. The molecule has 0 radical (unpaired) electrons. The van der Waals surface area contributed by atoms with E-state index in [4.69, 9.17) is 62.1 Å².